The fraction of sp³-hybridized carbons (Fsp3) is 0.769. The lowest BCUT2D eigenvalue weighted by molar-refractivity contribution is 0.0512. The third-order valence-electron chi connectivity index (χ3n) is 3.56. The van der Waals surface area contributed by atoms with Gasteiger partial charge in [0.2, 0.25) is 0 Å². The molecule has 1 aromatic heterocycles. The third-order valence-corrected chi connectivity index (χ3v) is 3.56. The van der Waals surface area contributed by atoms with E-state index in [0.717, 1.165) is 24.6 Å². The highest BCUT2D eigenvalue weighted by Gasteiger charge is 2.18. The lowest BCUT2D eigenvalue weighted by atomic mass is 10.0. The Kier molecular flexibility index (Phi) is 4.33. The first-order chi connectivity index (χ1) is 8.70. The normalized spacial score (nSPS) is 16.1. The molecule has 1 aliphatic rings. The van der Waals surface area contributed by atoms with E-state index in [4.69, 9.17) is 4.74 Å². The van der Waals surface area contributed by atoms with Crippen molar-refractivity contribution in [3.63, 3.8) is 0 Å². The Morgan fingerprint density at radius 1 is 1.44 bits per heavy atom. The van der Waals surface area contributed by atoms with Crippen molar-refractivity contribution in [3.8, 4) is 0 Å². The number of ether oxygens (including phenoxy) is 1. The van der Waals surface area contributed by atoms with Gasteiger partial charge in [0.15, 0.2) is 0 Å². The number of carbonyl (C=O) groups excluding carboxylic acids is 1. The van der Waals surface area contributed by atoms with Gasteiger partial charge in [-0.25, -0.2) is 9.78 Å². The van der Waals surface area contributed by atoms with E-state index in [2.05, 4.69) is 10.1 Å². The van der Waals surface area contributed by atoms with Gasteiger partial charge in [0.1, 0.15) is 5.82 Å². The summed E-state index contributed by atoms with van der Waals surface area (Å²) in [5.41, 5.74) is 0. The minimum absolute atomic E-state index is 0.181. The summed E-state index contributed by atoms with van der Waals surface area (Å²) in [7, 11) is 1.83. The summed E-state index contributed by atoms with van der Waals surface area (Å²) in [4.78, 5) is 15.8. The number of carbonyl (C=O) groups is 1. The molecule has 5 nitrogen and oxygen atoms in total. The van der Waals surface area contributed by atoms with E-state index in [1.54, 1.807) is 11.6 Å². The van der Waals surface area contributed by atoms with Gasteiger partial charge in [-0.2, -0.15) is 0 Å². The molecule has 0 aromatic carbocycles. The number of esters is 1. The highest BCUT2D eigenvalue weighted by Crippen LogP contribution is 2.28. The highest BCUT2D eigenvalue weighted by atomic mass is 16.5. The summed E-state index contributed by atoms with van der Waals surface area (Å²) in [5, 5.41) is 4.11. The van der Waals surface area contributed by atoms with Crippen molar-refractivity contribution in [3.05, 3.63) is 11.6 Å². The van der Waals surface area contributed by atoms with E-state index < -0.39 is 5.97 Å². The average molecular weight is 251 g/mol. The molecule has 18 heavy (non-hydrogen) atoms. The Labute approximate surface area is 108 Å². The van der Waals surface area contributed by atoms with Gasteiger partial charge in [-0.3, -0.25) is 4.68 Å². The minimum atomic E-state index is -0.430. The van der Waals surface area contributed by atoms with Gasteiger partial charge < -0.3 is 4.74 Å². The number of hydrogen-bond donors (Lipinski definition) is 0. The van der Waals surface area contributed by atoms with Crippen LogP contribution >= 0.6 is 0 Å². The van der Waals surface area contributed by atoms with E-state index in [-0.39, 0.29) is 5.82 Å². The minimum Gasteiger partial charge on any atom is -0.460 e. The molecule has 0 radical (unpaired) electrons. The number of hydrogen-bond acceptors (Lipinski definition) is 4. The van der Waals surface area contributed by atoms with Crippen LogP contribution in [0, 0.1) is 5.92 Å². The van der Waals surface area contributed by atoms with Gasteiger partial charge in [-0.1, -0.05) is 25.7 Å². The standard InChI is InChI=1S/C13H21N3O2/c1-3-18-13(17)12-14-11(16(2)15-12)9-8-10-6-4-5-7-10/h10H,3-9H2,1-2H3. The highest BCUT2D eigenvalue weighted by molar-refractivity contribution is 5.84. The van der Waals surface area contributed by atoms with Gasteiger partial charge in [-0.05, 0) is 19.3 Å². The Morgan fingerprint density at radius 2 is 2.17 bits per heavy atom. The molecule has 0 bridgehead atoms. The predicted molar refractivity (Wildman–Crippen MR) is 67.2 cm³/mol. The first-order valence-electron chi connectivity index (χ1n) is 6.77. The van der Waals surface area contributed by atoms with E-state index in [1.807, 2.05) is 7.05 Å². The Bertz CT molecular complexity index is 408. The quantitative estimate of drug-likeness (QED) is 0.752. The second-order valence-electron chi connectivity index (χ2n) is 4.88. The van der Waals surface area contributed by atoms with Crippen LogP contribution < -0.4 is 0 Å². The lowest BCUT2D eigenvalue weighted by Crippen LogP contribution is -2.07. The molecular weight excluding hydrogens is 230 g/mol. The fourth-order valence-electron chi connectivity index (χ4n) is 2.55. The maximum absolute atomic E-state index is 11.5. The molecule has 5 heteroatoms. The Balaban J connectivity index is 1.93. The van der Waals surface area contributed by atoms with Gasteiger partial charge >= 0.3 is 5.97 Å². The second-order valence-corrected chi connectivity index (χ2v) is 4.88. The number of aromatic nitrogens is 3. The molecule has 0 aliphatic heterocycles. The van der Waals surface area contributed by atoms with Crippen LogP contribution in [0.15, 0.2) is 0 Å². The number of rotatable bonds is 5. The summed E-state index contributed by atoms with van der Waals surface area (Å²) in [6, 6.07) is 0. The SMILES string of the molecule is CCOC(=O)c1nc(CCC2CCCC2)n(C)n1. The molecule has 1 aromatic rings. The monoisotopic (exact) mass is 251 g/mol. The van der Waals surface area contributed by atoms with E-state index in [9.17, 15) is 4.79 Å². The molecule has 2 rings (SSSR count). The predicted octanol–water partition coefficient (Wildman–Crippen LogP) is 2.11. The molecule has 0 N–H and O–H groups in total. The van der Waals surface area contributed by atoms with Crippen molar-refractivity contribution >= 4 is 5.97 Å². The zero-order valence-corrected chi connectivity index (χ0v) is 11.2. The van der Waals surface area contributed by atoms with Gasteiger partial charge in [0, 0.05) is 13.5 Å². The van der Waals surface area contributed by atoms with Crippen molar-refractivity contribution < 1.29 is 9.53 Å². The molecule has 0 atom stereocenters. The van der Waals surface area contributed by atoms with Crippen LogP contribution in [-0.2, 0) is 18.2 Å². The van der Waals surface area contributed by atoms with Gasteiger partial charge in [-0.15, -0.1) is 5.10 Å². The molecule has 0 amide bonds. The maximum Gasteiger partial charge on any atom is 0.378 e. The molecule has 0 unspecified atom stereocenters. The summed E-state index contributed by atoms with van der Waals surface area (Å²) in [5.74, 6) is 1.46. The zero-order chi connectivity index (χ0) is 13.0. The van der Waals surface area contributed by atoms with E-state index in [1.165, 1.54) is 25.7 Å². The Hall–Kier alpha value is -1.39. The molecule has 1 saturated carbocycles. The zero-order valence-electron chi connectivity index (χ0n) is 11.2. The van der Waals surface area contributed by atoms with E-state index in [0.29, 0.717) is 6.61 Å². The molecule has 0 saturated heterocycles. The second kappa shape index (κ2) is 5.98. The smallest absolute Gasteiger partial charge is 0.378 e. The van der Waals surface area contributed by atoms with Crippen molar-refractivity contribution in [2.45, 2.75) is 45.4 Å². The van der Waals surface area contributed by atoms with Crippen molar-refractivity contribution in [2.24, 2.45) is 13.0 Å². The topological polar surface area (TPSA) is 57.0 Å². The van der Waals surface area contributed by atoms with Crippen LogP contribution in [0.1, 0.15) is 55.5 Å². The Morgan fingerprint density at radius 3 is 2.83 bits per heavy atom. The molecular formula is C13H21N3O2. The number of nitrogens with zero attached hydrogens (tertiary/aromatic N) is 3. The number of aryl methyl sites for hydroxylation is 2. The first kappa shape index (κ1) is 13.1. The van der Waals surface area contributed by atoms with Gasteiger partial charge in [0.05, 0.1) is 6.61 Å². The fourth-order valence-corrected chi connectivity index (χ4v) is 2.55. The average Bonchev–Trinajstić information content (AvgIpc) is 2.96. The summed E-state index contributed by atoms with van der Waals surface area (Å²) in [6.45, 7) is 2.14. The largest absolute Gasteiger partial charge is 0.460 e. The van der Waals surface area contributed by atoms with Crippen LogP contribution in [0.3, 0.4) is 0 Å². The summed E-state index contributed by atoms with van der Waals surface area (Å²) in [6.07, 6.45) is 7.43. The summed E-state index contributed by atoms with van der Waals surface area (Å²) < 4.78 is 6.59. The van der Waals surface area contributed by atoms with Crippen LogP contribution in [0.25, 0.3) is 0 Å². The van der Waals surface area contributed by atoms with Gasteiger partial charge in [0.25, 0.3) is 5.82 Å². The van der Waals surface area contributed by atoms with Crippen LogP contribution in [0.2, 0.25) is 0 Å². The maximum atomic E-state index is 11.5. The van der Waals surface area contributed by atoms with Crippen molar-refractivity contribution in [2.75, 3.05) is 6.61 Å². The molecule has 0 spiro atoms. The van der Waals surface area contributed by atoms with E-state index >= 15 is 0 Å². The third kappa shape index (κ3) is 3.09. The molecule has 1 fully saturated rings. The lowest BCUT2D eigenvalue weighted by Gasteiger charge is -2.07. The van der Waals surface area contributed by atoms with Crippen molar-refractivity contribution in [1.29, 1.82) is 0 Å². The first-order valence-corrected chi connectivity index (χ1v) is 6.77. The molecule has 1 heterocycles. The van der Waals surface area contributed by atoms with Crippen LogP contribution in [0.4, 0.5) is 0 Å². The molecule has 100 valence electrons. The molecule has 1 aliphatic carbocycles. The van der Waals surface area contributed by atoms with Crippen molar-refractivity contribution in [1.82, 2.24) is 14.8 Å². The van der Waals surface area contributed by atoms with Crippen LogP contribution in [0.5, 0.6) is 0 Å². The summed E-state index contributed by atoms with van der Waals surface area (Å²) >= 11 is 0. The van der Waals surface area contributed by atoms with Crippen LogP contribution in [-0.4, -0.2) is 27.3 Å².